The van der Waals surface area contributed by atoms with E-state index in [1.54, 1.807) is 19.2 Å². The highest BCUT2D eigenvalue weighted by Crippen LogP contribution is 2.52. The van der Waals surface area contributed by atoms with E-state index in [0.29, 0.717) is 5.69 Å². The van der Waals surface area contributed by atoms with Crippen LogP contribution in [-0.2, 0) is 14.4 Å². The van der Waals surface area contributed by atoms with Crippen LogP contribution >= 0.6 is 0 Å². The molecule has 136 valence electrons. The van der Waals surface area contributed by atoms with Crippen molar-refractivity contribution >= 4 is 34.3 Å². The number of rotatable bonds is 3. The van der Waals surface area contributed by atoms with E-state index in [-0.39, 0.29) is 41.4 Å². The van der Waals surface area contributed by atoms with Crippen molar-refractivity contribution in [2.75, 3.05) is 5.32 Å². The number of fused-ring (bicyclic) bond motifs is 6. The molecule has 6 heteroatoms. The van der Waals surface area contributed by atoms with Gasteiger partial charge in [0.05, 0.1) is 17.4 Å². The summed E-state index contributed by atoms with van der Waals surface area (Å²) in [6.45, 7) is 1.62. The zero-order valence-corrected chi connectivity index (χ0v) is 14.8. The van der Waals surface area contributed by atoms with Gasteiger partial charge in [0.15, 0.2) is 0 Å². The number of nitrogens with one attached hydrogen (secondary N) is 1. The summed E-state index contributed by atoms with van der Waals surface area (Å²) in [5.74, 6) is -1.04. The SMILES string of the molecule is C[C@H](C(=O)Nc1ccc2ncccc2c1)N1C(=O)[C@@H]2[C@@H](C1=O)[C@H]1C=C[C@H]2C1. The highest BCUT2D eigenvalue weighted by molar-refractivity contribution is 6.10. The minimum absolute atomic E-state index is 0.143. The Hall–Kier alpha value is -3.02. The van der Waals surface area contributed by atoms with Crippen LogP contribution < -0.4 is 5.32 Å². The van der Waals surface area contributed by atoms with Crippen molar-refractivity contribution in [2.24, 2.45) is 23.7 Å². The maximum atomic E-state index is 12.8. The van der Waals surface area contributed by atoms with Crippen molar-refractivity contribution in [1.82, 2.24) is 9.88 Å². The lowest BCUT2D eigenvalue weighted by molar-refractivity contribution is -0.146. The maximum absolute atomic E-state index is 12.8. The largest absolute Gasteiger partial charge is 0.324 e. The van der Waals surface area contributed by atoms with E-state index in [1.807, 2.05) is 36.4 Å². The highest BCUT2D eigenvalue weighted by Gasteiger charge is 2.60. The number of likely N-dealkylation sites (tertiary alicyclic amines) is 1. The summed E-state index contributed by atoms with van der Waals surface area (Å²) in [6, 6.07) is 8.35. The highest BCUT2D eigenvalue weighted by atomic mass is 16.2. The monoisotopic (exact) mass is 361 g/mol. The Kier molecular flexibility index (Phi) is 3.44. The maximum Gasteiger partial charge on any atom is 0.247 e. The first-order chi connectivity index (χ1) is 13.0. The third kappa shape index (κ3) is 2.32. The standard InChI is InChI=1S/C21H19N3O3/c1-11(19(25)23-15-6-7-16-12(10-15)3-2-8-22-16)24-20(26)17-13-4-5-14(9-13)18(17)21(24)27/h2-8,10-11,13-14,17-18H,9H2,1H3,(H,23,25)/t11-,13+,14+,17+,18+/m1/s1. The Morgan fingerprint density at radius 3 is 2.56 bits per heavy atom. The molecular weight excluding hydrogens is 342 g/mol. The van der Waals surface area contributed by atoms with Crippen molar-refractivity contribution < 1.29 is 14.4 Å². The molecule has 1 saturated heterocycles. The van der Waals surface area contributed by atoms with E-state index in [2.05, 4.69) is 10.3 Å². The molecule has 1 aliphatic heterocycles. The second kappa shape index (κ2) is 5.74. The molecule has 2 heterocycles. The molecule has 0 spiro atoms. The fourth-order valence-electron chi connectivity index (χ4n) is 4.82. The van der Waals surface area contributed by atoms with E-state index in [9.17, 15) is 14.4 Å². The van der Waals surface area contributed by atoms with Gasteiger partial charge in [0, 0.05) is 17.3 Å². The van der Waals surface area contributed by atoms with E-state index in [4.69, 9.17) is 0 Å². The number of hydrogen-bond acceptors (Lipinski definition) is 4. The third-order valence-electron chi connectivity index (χ3n) is 6.14. The summed E-state index contributed by atoms with van der Waals surface area (Å²) in [6.07, 6.45) is 6.70. The number of amides is 3. The average Bonchev–Trinajstić information content (AvgIpc) is 3.35. The van der Waals surface area contributed by atoms with E-state index in [1.165, 1.54) is 4.90 Å². The van der Waals surface area contributed by atoms with Crippen LogP contribution in [0.2, 0.25) is 0 Å². The van der Waals surface area contributed by atoms with E-state index < -0.39 is 6.04 Å². The lowest BCUT2D eigenvalue weighted by Crippen LogP contribution is -2.46. The number of aromatic nitrogens is 1. The third-order valence-corrected chi connectivity index (χ3v) is 6.14. The van der Waals surface area contributed by atoms with Crippen LogP contribution in [0, 0.1) is 23.7 Å². The molecule has 1 N–H and O–H groups in total. The molecule has 1 aromatic carbocycles. The molecule has 1 aromatic heterocycles. The van der Waals surface area contributed by atoms with Crippen LogP contribution in [-0.4, -0.2) is 33.6 Å². The summed E-state index contributed by atoms with van der Waals surface area (Å²) in [5, 5.41) is 3.74. The van der Waals surface area contributed by atoms with Crippen LogP contribution in [0.3, 0.4) is 0 Å². The van der Waals surface area contributed by atoms with Gasteiger partial charge in [-0.25, -0.2) is 0 Å². The van der Waals surface area contributed by atoms with Crippen molar-refractivity contribution in [3.8, 4) is 0 Å². The second-order valence-corrected chi connectivity index (χ2v) is 7.62. The zero-order valence-electron chi connectivity index (χ0n) is 14.8. The Labute approximate surface area is 156 Å². The number of allylic oxidation sites excluding steroid dienone is 2. The van der Waals surface area contributed by atoms with Gasteiger partial charge in [-0.1, -0.05) is 18.2 Å². The lowest BCUT2D eigenvalue weighted by atomic mass is 9.85. The Balaban J connectivity index is 1.36. The molecule has 5 rings (SSSR count). The molecule has 6 nitrogen and oxygen atoms in total. The topological polar surface area (TPSA) is 79.4 Å². The molecule has 1 saturated carbocycles. The smallest absolute Gasteiger partial charge is 0.247 e. The van der Waals surface area contributed by atoms with Crippen molar-refractivity contribution in [3.63, 3.8) is 0 Å². The number of carbonyl (C=O) groups excluding carboxylic acids is 3. The summed E-state index contributed by atoms with van der Waals surface area (Å²) in [7, 11) is 0. The van der Waals surface area contributed by atoms with Crippen LogP contribution in [0.25, 0.3) is 10.9 Å². The number of benzene rings is 1. The molecule has 0 unspecified atom stereocenters. The second-order valence-electron chi connectivity index (χ2n) is 7.62. The van der Waals surface area contributed by atoms with Crippen molar-refractivity contribution in [2.45, 2.75) is 19.4 Å². The van der Waals surface area contributed by atoms with Gasteiger partial charge in [-0.3, -0.25) is 24.3 Å². The number of imide groups is 1. The van der Waals surface area contributed by atoms with Gasteiger partial charge in [0.25, 0.3) is 0 Å². The minimum atomic E-state index is -0.834. The van der Waals surface area contributed by atoms with Gasteiger partial charge in [-0.15, -0.1) is 0 Å². The van der Waals surface area contributed by atoms with E-state index in [0.717, 1.165) is 17.3 Å². The lowest BCUT2D eigenvalue weighted by Gasteiger charge is -2.23. The number of hydrogen-bond donors (Lipinski definition) is 1. The molecule has 27 heavy (non-hydrogen) atoms. The fourth-order valence-corrected chi connectivity index (χ4v) is 4.82. The van der Waals surface area contributed by atoms with Gasteiger partial charge < -0.3 is 5.32 Å². The van der Waals surface area contributed by atoms with Gasteiger partial charge in [0.1, 0.15) is 6.04 Å². The molecule has 0 radical (unpaired) electrons. The zero-order chi connectivity index (χ0) is 18.7. The first-order valence-electron chi connectivity index (χ1n) is 9.25. The average molecular weight is 361 g/mol. The van der Waals surface area contributed by atoms with Crippen molar-refractivity contribution in [1.29, 1.82) is 0 Å². The predicted octanol–water partition coefficient (Wildman–Crippen LogP) is 2.37. The summed E-state index contributed by atoms with van der Waals surface area (Å²) in [5.41, 5.74) is 1.46. The van der Waals surface area contributed by atoms with Crippen LogP contribution in [0.5, 0.6) is 0 Å². The molecule has 2 fully saturated rings. The number of pyridine rings is 1. The molecule has 3 amide bonds. The molecule has 2 aromatic rings. The molecule has 3 aliphatic rings. The van der Waals surface area contributed by atoms with Gasteiger partial charge in [-0.05, 0) is 49.4 Å². The Morgan fingerprint density at radius 1 is 1.15 bits per heavy atom. The number of nitrogens with zero attached hydrogens (tertiary/aromatic N) is 2. The Bertz CT molecular complexity index is 985. The van der Waals surface area contributed by atoms with Gasteiger partial charge in [0.2, 0.25) is 17.7 Å². The Morgan fingerprint density at radius 2 is 1.85 bits per heavy atom. The van der Waals surface area contributed by atoms with Crippen molar-refractivity contribution in [3.05, 3.63) is 48.7 Å². The molecular formula is C21H19N3O3. The molecule has 2 aliphatic carbocycles. The van der Waals surface area contributed by atoms with Crippen LogP contribution in [0.1, 0.15) is 13.3 Å². The summed E-state index contributed by atoms with van der Waals surface area (Å²) < 4.78 is 0. The number of anilines is 1. The first kappa shape index (κ1) is 16.2. The van der Waals surface area contributed by atoms with Gasteiger partial charge >= 0.3 is 0 Å². The molecule has 5 atom stereocenters. The first-order valence-corrected chi connectivity index (χ1v) is 9.25. The normalized spacial score (nSPS) is 29.4. The minimum Gasteiger partial charge on any atom is -0.324 e. The van der Waals surface area contributed by atoms with Crippen LogP contribution in [0.4, 0.5) is 5.69 Å². The molecule has 2 bridgehead atoms. The quantitative estimate of drug-likeness (QED) is 0.672. The fraction of sp³-hybridized carbons (Fsp3) is 0.333. The summed E-state index contributed by atoms with van der Waals surface area (Å²) in [4.78, 5) is 43.9. The van der Waals surface area contributed by atoms with Gasteiger partial charge in [-0.2, -0.15) is 0 Å². The number of carbonyl (C=O) groups is 3. The summed E-state index contributed by atoms with van der Waals surface area (Å²) >= 11 is 0. The van der Waals surface area contributed by atoms with Crippen LogP contribution in [0.15, 0.2) is 48.7 Å². The predicted molar refractivity (Wildman–Crippen MR) is 99.4 cm³/mol. The van der Waals surface area contributed by atoms with E-state index >= 15 is 0 Å².